The predicted molar refractivity (Wildman–Crippen MR) is 112 cm³/mol. The van der Waals surface area contributed by atoms with Gasteiger partial charge < -0.3 is 15.2 Å². The van der Waals surface area contributed by atoms with Gasteiger partial charge in [0.1, 0.15) is 5.57 Å². The van der Waals surface area contributed by atoms with E-state index < -0.39 is 23.8 Å². The van der Waals surface area contributed by atoms with Crippen LogP contribution in [0.25, 0.3) is 6.08 Å². The van der Waals surface area contributed by atoms with Crippen LogP contribution in [0, 0.1) is 6.92 Å². The van der Waals surface area contributed by atoms with E-state index in [2.05, 4.69) is 5.32 Å². The molecule has 1 saturated heterocycles. The Balaban J connectivity index is 1.97. The lowest BCUT2D eigenvalue weighted by atomic mass is 10.1. The SMILES string of the molecule is CCOc1cc(/C=C2\C(=O)NC(=O)N(c3ccccc3C)C2=O)ccc1OCC(N)=O. The van der Waals surface area contributed by atoms with Crippen LogP contribution >= 0.6 is 0 Å². The summed E-state index contributed by atoms with van der Waals surface area (Å²) in [7, 11) is 0. The molecule has 1 aliphatic rings. The van der Waals surface area contributed by atoms with Crippen molar-refractivity contribution in [2.45, 2.75) is 13.8 Å². The molecular weight excluding hydrogens is 402 g/mol. The Hall–Kier alpha value is -4.14. The Morgan fingerprint density at radius 3 is 2.52 bits per heavy atom. The second-order valence-corrected chi connectivity index (χ2v) is 6.64. The van der Waals surface area contributed by atoms with Gasteiger partial charge in [-0.15, -0.1) is 0 Å². The van der Waals surface area contributed by atoms with Gasteiger partial charge in [0.05, 0.1) is 12.3 Å². The van der Waals surface area contributed by atoms with Crippen LogP contribution in [-0.2, 0) is 14.4 Å². The maximum Gasteiger partial charge on any atom is 0.335 e. The number of nitrogens with one attached hydrogen (secondary N) is 1. The zero-order valence-electron chi connectivity index (χ0n) is 17.0. The number of nitrogens with two attached hydrogens (primary N) is 1. The molecule has 160 valence electrons. The molecule has 0 bridgehead atoms. The summed E-state index contributed by atoms with van der Waals surface area (Å²) in [6.45, 7) is 3.53. The molecule has 9 heteroatoms. The van der Waals surface area contributed by atoms with Crippen molar-refractivity contribution < 1.29 is 28.7 Å². The van der Waals surface area contributed by atoms with Crippen LogP contribution in [0.1, 0.15) is 18.1 Å². The van der Waals surface area contributed by atoms with E-state index in [0.29, 0.717) is 34.9 Å². The van der Waals surface area contributed by atoms with E-state index in [1.807, 2.05) is 0 Å². The minimum Gasteiger partial charge on any atom is -0.490 e. The average Bonchev–Trinajstić information content (AvgIpc) is 2.72. The Morgan fingerprint density at radius 2 is 1.84 bits per heavy atom. The average molecular weight is 423 g/mol. The molecule has 1 aliphatic heterocycles. The summed E-state index contributed by atoms with van der Waals surface area (Å²) in [6, 6.07) is 10.7. The van der Waals surface area contributed by atoms with E-state index in [1.165, 1.54) is 12.1 Å². The molecule has 31 heavy (non-hydrogen) atoms. The van der Waals surface area contributed by atoms with Gasteiger partial charge in [-0.3, -0.25) is 19.7 Å². The number of anilines is 1. The number of para-hydroxylation sites is 1. The van der Waals surface area contributed by atoms with Crippen molar-refractivity contribution >= 4 is 35.5 Å². The molecule has 0 saturated carbocycles. The van der Waals surface area contributed by atoms with Crippen molar-refractivity contribution in [3.05, 3.63) is 59.2 Å². The van der Waals surface area contributed by atoms with Crippen LogP contribution in [0.4, 0.5) is 10.5 Å². The molecule has 3 rings (SSSR count). The third kappa shape index (κ3) is 4.72. The molecule has 0 aliphatic carbocycles. The van der Waals surface area contributed by atoms with Gasteiger partial charge in [-0.2, -0.15) is 0 Å². The lowest BCUT2D eigenvalue weighted by molar-refractivity contribution is -0.123. The number of hydrogen-bond acceptors (Lipinski definition) is 6. The molecule has 5 amide bonds. The molecule has 0 atom stereocenters. The summed E-state index contributed by atoms with van der Waals surface area (Å²) in [5, 5.41) is 2.19. The van der Waals surface area contributed by atoms with Crippen molar-refractivity contribution in [2.75, 3.05) is 18.1 Å². The predicted octanol–water partition coefficient (Wildman–Crippen LogP) is 1.92. The molecule has 0 aromatic heterocycles. The standard InChI is InChI=1S/C22H21N3O6/c1-3-30-18-11-14(8-9-17(18)31-12-19(23)26)10-15-20(27)24-22(29)25(21(15)28)16-7-5-4-6-13(16)2/h4-11H,3,12H2,1-2H3,(H2,23,26)(H,24,27,29)/b15-10+. The number of ether oxygens (including phenoxy) is 2. The Bertz CT molecular complexity index is 1090. The van der Waals surface area contributed by atoms with Gasteiger partial charge in [-0.05, 0) is 49.2 Å². The highest BCUT2D eigenvalue weighted by atomic mass is 16.5. The second kappa shape index (κ2) is 9.12. The number of nitrogens with zero attached hydrogens (tertiary/aromatic N) is 1. The fourth-order valence-electron chi connectivity index (χ4n) is 3.01. The quantitative estimate of drug-likeness (QED) is 0.517. The van der Waals surface area contributed by atoms with E-state index in [-0.39, 0.29) is 12.2 Å². The number of benzene rings is 2. The van der Waals surface area contributed by atoms with Gasteiger partial charge in [-0.25, -0.2) is 9.69 Å². The highest BCUT2D eigenvalue weighted by Crippen LogP contribution is 2.30. The van der Waals surface area contributed by atoms with Crippen molar-refractivity contribution in [1.82, 2.24) is 5.32 Å². The van der Waals surface area contributed by atoms with Crippen LogP contribution in [-0.4, -0.2) is 37.0 Å². The fourth-order valence-corrected chi connectivity index (χ4v) is 3.01. The van der Waals surface area contributed by atoms with Crippen molar-refractivity contribution in [1.29, 1.82) is 0 Å². The van der Waals surface area contributed by atoms with E-state index in [1.54, 1.807) is 50.2 Å². The Morgan fingerprint density at radius 1 is 1.10 bits per heavy atom. The van der Waals surface area contributed by atoms with Crippen LogP contribution in [0.2, 0.25) is 0 Å². The van der Waals surface area contributed by atoms with E-state index >= 15 is 0 Å². The summed E-state index contributed by atoms with van der Waals surface area (Å²) in [5.41, 5.74) is 6.44. The molecule has 0 radical (unpaired) electrons. The zero-order valence-corrected chi connectivity index (χ0v) is 17.0. The normalized spacial score (nSPS) is 15.1. The van der Waals surface area contributed by atoms with Gasteiger partial charge in [0, 0.05) is 0 Å². The summed E-state index contributed by atoms with van der Waals surface area (Å²) >= 11 is 0. The van der Waals surface area contributed by atoms with E-state index in [4.69, 9.17) is 15.2 Å². The molecule has 9 nitrogen and oxygen atoms in total. The Labute approximate surface area is 178 Å². The van der Waals surface area contributed by atoms with Crippen LogP contribution < -0.4 is 25.4 Å². The summed E-state index contributed by atoms with van der Waals surface area (Å²) < 4.78 is 10.8. The van der Waals surface area contributed by atoms with Gasteiger partial charge in [0.25, 0.3) is 17.7 Å². The second-order valence-electron chi connectivity index (χ2n) is 6.64. The lowest BCUT2D eigenvalue weighted by Gasteiger charge is -2.27. The molecule has 3 N–H and O–H groups in total. The number of primary amides is 1. The van der Waals surface area contributed by atoms with Gasteiger partial charge in [0.15, 0.2) is 18.1 Å². The largest absolute Gasteiger partial charge is 0.490 e. The van der Waals surface area contributed by atoms with Gasteiger partial charge in [-0.1, -0.05) is 24.3 Å². The first kappa shape index (κ1) is 21.6. The Kier molecular flexibility index (Phi) is 6.35. The van der Waals surface area contributed by atoms with E-state index in [9.17, 15) is 19.2 Å². The maximum atomic E-state index is 13.0. The maximum absolute atomic E-state index is 13.0. The van der Waals surface area contributed by atoms with Crippen molar-refractivity contribution in [3.8, 4) is 11.5 Å². The summed E-state index contributed by atoms with van der Waals surface area (Å²) in [6.07, 6.45) is 1.36. The summed E-state index contributed by atoms with van der Waals surface area (Å²) in [4.78, 5) is 49.7. The van der Waals surface area contributed by atoms with Gasteiger partial charge in [0.2, 0.25) is 0 Å². The highest BCUT2D eigenvalue weighted by molar-refractivity contribution is 6.39. The lowest BCUT2D eigenvalue weighted by Crippen LogP contribution is -2.54. The molecular formula is C22H21N3O6. The van der Waals surface area contributed by atoms with Gasteiger partial charge >= 0.3 is 6.03 Å². The molecule has 0 unspecified atom stereocenters. The monoisotopic (exact) mass is 423 g/mol. The third-order valence-corrected chi connectivity index (χ3v) is 4.41. The number of carbonyl (C=O) groups excluding carboxylic acids is 4. The smallest absolute Gasteiger partial charge is 0.335 e. The van der Waals surface area contributed by atoms with Crippen molar-refractivity contribution in [2.24, 2.45) is 5.73 Å². The molecule has 0 spiro atoms. The number of amides is 5. The number of imide groups is 2. The van der Waals surface area contributed by atoms with Crippen LogP contribution in [0.5, 0.6) is 11.5 Å². The number of carbonyl (C=O) groups is 4. The highest BCUT2D eigenvalue weighted by Gasteiger charge is 2.37. The minimum atomic E-state index is -0.813. The zero-order chi connectivity index (χ0) is 22.5. The molecule has 2 aromatic rings. The number of barbiturate groups is 1. The minimum absolute atomic E-state index is 0.212. The number of hydrogen-bond donors (Lipinski definition) is 2. The molecule has 2 aromatic carbocycles. The van der Waals surface area contributed by atoms with Crippen molar-refractivity contribution in [3.63, 3.8) is 0 Å². The van der Waals surface area contributed by atoms with Crippen LogP contribution in [0.3, 0.4) is 0 Å². The third-order valence-electron chi connectivity index (χ3n) is 4.41. The first-order valence-electron chi connectivity index (χ1n) is 9.46. The summed E-state index contributed by atoms with van der Waals surface area (Å²) in [5.74, 6) is -1.58. The van der Waals surface area contributed by atoms with Crippen LogP contribution in [0.15, 0.2) is 48.0 Å². The fraction of sp³-hybridized carbons (Fsp3) is 0.182. The first-order chi connectivity index (χ1) is 14.8. The number of urea groups is 1. The molecule has 1 heterocycles. The molecule has 1 fully saturated rings. The van der Waals surface area contributed by atoms with E-state index in [0.717, 1.165) is 4.90 Å². The number of aryl methyl sites for hydroxylation is 1. The topological polar surface area (TPSA) is 128 Å². The first-order valence-corrected chi connectivity index (χ1v) is 9.46. The number of rotatable bonds is 7.